The van der Waals surface area contributed by atoms with Crippen LogP contribution in [-0.2, 0) is 4.79 Å². The topological polar surface area (TPSA) is 40.5 Å². The van der Waals surface area contributed by atoms with E-state index < -0.39 is 6.23 Å². The van der Waals surface area contributed by atoms with Gasteiger partial charge in [-0.15, -0.1) is 0 Å². The van der Waals surface area contributed by atoms with Crippen molar-refractivity contribution < 1.29 is 9.90 Å². The number of rotatable bonds is 3. The molecule has 1 heterocycles. The molecule has 1 aliphatic heterocycles. The fraction of sp³-hybridized carbons (Fsp3) is 0.235. The summed E-state index contributed by atoms with van der Waals surface area (Å²) < 4.78 is 0. The summed E-state index contributed by atoms with van der Waals surface area (Å²) in [6.45, 7) is 0.341. The minimum Gasteiger partial charge on any atom is -0.373 e. The number of hydrogen-bond donors (Lipinski definition) is 1. The van der Waals surface area contributed by atoms with Crippen molar-refractivity contribution in [1.29, 1.82) is 0 Å². The van der Waals surface area contributed by atoms with Crippen LogP contribution in [0.1, 0.15) is 5.56 Å². The second kappa shape index (κ2) is 6.29. The Labute approximate surface area is 139 Å². The first kappa shape index (κ1) is 15.3. The zero-order chi connectivity index (χ0) is 15.7. The first-order chi connectivity index (χ1) is 10.6. The average Bonchev–Trinajstić information content (AvgIpc) is 2.75. The highest BCUT2D eigenvalue weighted by atomic mass is 35.5. The van der Waals surface area contributed by atoms with Crippen LogP contribution in [0.3, 0.4) is 0 Å². The Kier molecular flexibility index (Phi) is 4.39. The molecule has 0 spiro atoms. The van der Waals surface area contributed by atoms with E-state index in [0.29, 0.717) is 16.6 Å². The van der Waals surface area contributed by atoms with Crippen LogP contribution in [0.15, 0.2) is 48.6 Å². The van der Waals surface area contributed by atoms with Crippen molar-refractivity contribution in [2.24, 2.45) is 11.8 Å². The summed E-state index contributed by atoms with van der Waals surface area (Å²) in [5.74, 6) is -0.470. The van der Waals surface area contributed by atoms with Gasteiger partial charge in [-0.2, -0.15) is 0 Å². The maximum Gasteiger partial charge on any atom is 0.232 e. The molecule has 1 N–H and O–H groups in total. The maximum absolute atomic E-state index is 12.3. The molecule has 114 valence electrons. The highest BCUT2D eigenvalue weighted by Crippen LogP contribution is 2.34. The van der Waals surface area contributed by atoms with Crippen molar-refractivity contribution in [2.45, 2.75) is 6.23 Å². The monoisotopic (exact) mass is 335 g/mol. The van der Waals surface area contributed by atoms with Gasteiger partial charge in [-0.05, 0) is 17.7 Å². The minimum absolute atomic E-state index is 0.0510. The molecule has 1 saturated heterocycles. The third-order valence-electron chi connectivity index (χ3n) is 3.97. The summed E-state index contributed by atoms with van der Waals surface area (Å²) in [6.07, 6.45) is 10.3. The van der Waals surface area contributed by atoms with Crippen LogP contribution < -0.4 is 0 Å². The Morgan fingerprint density at radius 2 is 2.00 bits per heavy atom. The Balaban J connectivity index is 1.71. The van der Waals surface area contributed by atoms with Gasteiger partial charge in [-0.25, -0.2) is 0 Å². The first-order valence-electron chi connectivity index (χ1n) is 7.03. The smallest absolute Gasteiger partial charge is 0.232 e. The number of fused-ring (bicyclic) bond motifs is 1. The van der Waals surface area contributed by atoms with Crippen LogP contribution >= 0.6 is 23.2 Å². The van der Waals surface area contributed by atoms with Crippen molar-refractivity contribution in [3.63, 3.8) is 0 Å². The summed E-state index contributed by atoms with van der Waals surface area (Å²) in [7, 11) is 0. The fourth-order valence-electron chi connectivity index (χ4n) is 2.81. The number of hydrogen-bond acceptors (Lipinski definition) is 2. The van der Waals surface area contributed by atoms with Crippen molar-refractivity contribution in [3.8, 4) is 0 Å². The molecular formula is C17H15Cl2NO2. The lowest BCUT2D eigenvalue weighted by molar-refractivity contribution is -0.133. The molecule has 0 aromatic heterocycles. The molecule has 5 heteroatoms. The largest absolute Gasteiger partial charge is 0.373 e. The fourth-order valence-corrected chi connectivity index (χ4v) is 3.29. The lowest BCUT2D eigenvalue weighted by Crippen LogP contribution is -2.34. The second-order valence-corrected chi connectivity index (χ2v) is 6.19. The number of allylic oxidation sites excluding steroid dienone is 2. The van der Waals surface area contributed by atoms with E-state index in [9.17, 15) is 9.90 Å². The number of amides is 1. The first-order valence-corrected chi connectivity index (χ1v) is 7.78. The van der Waals surface area contributed by atoms with E-state index in [0.717, 1.165) is 5.56 Å². The highest BCUT2D eigenvalue weighted by molar-refractivity contribution is 6.35. The molecule has 1 aliphatic carbocycles. The van der Waals surface area contributed by atoms with Gasteiger partial charge in [0, 0.05) is 22.5 Å². The molecule has 1 aromatic carbocycles. The third kappa shape index (κ3) is 2.84. The molecule has 0 saturated carbocycles. The number of nitrogens with zero attached hydrogens (tertiary/aromatic N) is 1. The van der Waals surface area contributed by atoms with E-state index in [-0.39, 0.29) is 17.7 Å². The number of carbonyl (C=O) groups is 1. The molecule has 1 amide bonds. The van der Waals surface area contributed by atoms with Crippen LogP contribution in [0.4, 0.5) is 0 Å². The Bertz CT molecular complexity index is 681. The van der Waals surface area contributed by atoms with Gasteiger partial charge < -0.3 is 10.0 Å². The predicted molar refractivity (Wildman–Crippen MR) is 88.5 cm³/mol. The second-order valence-electron chi connectivity index (χ2n) is 5.35. The van der Waals surface area contributed by atoms with Crippen LogP contribution in [0.25, 0.3) is 6.08 Å². The van der Waals surface area contributed by atoms with E-state index in [1.807, 2.05) is 42.5 Å². The SMILES string of the molecule is O=C1C2C=CC=CC2C(O)N1C/C=C/c1ccc(Cl)cc1Cl. The molecule has 3 atom stereocenters. The number of carbonyl (C=O) groups excluding carboxylic acids is 1. The van der Waals surface area contributed by atoms with Crippen molar-refractivity contribution >= 4 is 35.2 Å². The number of halogens is 2. The third-order valence-corrected chi connectivity index (χ3v) is 4.53. The van der Waals surface area contributed by atoms with Crippen LogP contribution in [0.2, 0.25) is 10.0 Å². The van der Waals surface area contributed by atoms with Crippen LogP contribution in [0, 0.1) is 11.8 Å². The van der Waals surface area contributed by atoms with Gasteiger partial charge in [0.2, 0.25) is 5.91 Å². The molecule has 2 aliphatic rings. The molecule has 3 nitrogen and oxygen atoms in total. The van der Waals surface area contributed by atoms with E-state index in [4.69, 9.17) is 23.2 Å². The van der Waals surface area contributed by atoms with E-state index in [1.165, 1.54) is 4.90 Å². The van der Waals surface area contributed by atoms with Gasteiger partial charge in [0.15, 0.2) is 0 Å². The molecule has 3 rings (SSSR count). The standard InChI is InChI=1S/C17H15Cl2NO2/c18-12-8-7-11(15(19)10-12)4-3-9-20-16(21)13-5-1-2-6-14(13)17(20)22/h1-8,10,13-14,16,21H,9H2/b4-3+. The quantitative estimate of drug-likeness (QED) is 0.917. The summed E-state index contributed by atoms with van der Waals surface area (Å²) in [4.78, 5) is 13.8. The van der Waals surface area contributed by atoms with Gasteiger partial charge in [-0.1, -0.05) is 65.7 Å². The van der Waals surface area contributed by atoms with Gasteiger partial charge >= 0.3 is 0 Å². The summed E-state index contributed by atoms with van der Waals surface area (Å²) in [5, 5.41) is 11.4. The average molecular weight is 336 g/mol. The molecule has 1 fully saturated rings. The molecule has 22 heavy (non-hydrogen) atoms. The Morgan fingerprint density at radius 1 is 1.23 bits per heavy atom. The lowest BCUT2D eigenvalue weighted by Gasteiger charge is -2.20. The number of likely N-dealkylation sites (tertiary alicyclic amines) is 1. The highest BCUT2D eigenvalue weighted by Gasteiger charge is 2.44. The van der Waals surface area contributed by atoms with E-state index in [1.54, 1.807) is 12.1 Å². The number of benzene rings is 1. The maximum atomic E-state index is 12.3. The van der Waals surface area contributed by atoms with Crippen LogP contribution in [-0.4, -0.2) is 28.7 Å². The predicted octanol–water partition coefficient (Wildman–Crippen LogP) is 3.53. The van der Waals surface area contributed by atoms with Gasteiger partial charge in [0.05, 0.1) is 5.92 Å². The van der Waals surface area contributed by atoms with Crippen molar-refractivity contribution in [2.75, 3.05) is 6.54 Å². The van der Waals surface area contributed by atoms with E-state index in [2.05, 4.69) is 0 Å². The van der Waals surface area contributed by atoms with Gasteiger partial charge in [0.1, 0.15) is 6.23 Å². The molecular weight excluding hydrogens is 321 g/mol. The lowest BCUT2D eigenvalue weighted by atomic mass is 9.90. The van der Waals surface area contributed by atoms with Gasteiger partial charge in [0.25, 0.3) is 0 Å². The van der Waals surface area contributed by atoms with Gasteiger partial charge in [-0.3, -0.25) is 4.79 Å². The zero-order valence-corrected chi connectivity index (χ0v) is 13.2. The van der Waals surface area contributed by atoms with Crippen LogP contribution in [0.5, 0.6) is 0 Å². The van der Waals surface area contributed by atoms with E-state index >= 15 is 0 Å². The number of aliphatic hydroxyl groups excluding tert-OH is 1. The molecule has 0 radical (unpaired) electrons. The van der Waals surface area contributed by atoms with Crippen molar-refractivity contribution in [1.82, 2.24) is 4.90 Å². The summed E-state index contributed by atoms with van der Waals surface area (Å²) in [6, 6.07) is 5.24. The van der Waals surface area contributed by atoms with Crippen molar-refractivity contribution in [3.05, 3.63) is 64.2 Å². The Morgan fingerprint density at radius 3 is 2.73 bits per heavy atom. The Hall–Kier alpha value is -1.55. The normalized spacial score (nSPS) is 27.0. The molecule has 3 unspecified atom stereocenters. The number of aliphatic hydroxyl groups is 1. The molecule has 1 aromatic rings. The summed E-state index contributed by atoms with van der Waals surface area (Å²) in [5.41, 5.74) is 0.824. The zero-order valence-electron chi connectivity index (χ0n) is 11.7. The summed E-state index contributed by atoms with van der Waals surface area (Å²) >= 11 is 12.0. The molecule has 0 bridgehead atoms. The minimum atomic E-state index is -0.788.